The summed E-state index contributed by atoms with van der Waals surface area (Å²) in [4.78, 5) is 14.1. The van der Waals surface area contributed by atoms with Crippen LogP contribution in [-0.2, 0) is 4.74 Å². The molecule has 0 spiro atoms. The van der Waals surface area contributed by atoms with Crippen LogP contribution in [0.3, 0.4) is 0 Å². The summed E-state index contributed by atoms with van der Waals surface area (Å²) in [5.74, 6) is 0. The second kappa shape index (κ2) is 4.24. The average molecular weight is 224 g/mol. The number of urea groups is 1. The van der Waals surface area contributed by atoms with Gasteiger partial charge < -0.3 is 15.0 Å². The van der Waals surface area contributed by atoms with Crippen LogP contribution < -0.4 is 5.32 Å². The van der Waals surface area contributed by atoms with Crippen molar-refractivity contribution in [2.45, 2.75) is 56.7 Å². The van der Waals surface area contributed by atoms with E-state index in [9.17, 15) is 4.79 Å². The predicted octanol–water partition coefficient (Wildman–Crippen LogP) is 1.50. The molecule has 1 aliphatic heterocycles. The molecule has 4 heteroatoms. The molecule has 16 heavy (non-hydrogen) atoms. The third-order valence-electron chi connectivity index (χ3n) is 4.18. The van der Waals surface area contributed by atoms with Crippen LogP contribution in [0.25, 0.3) is 0 Å². The van der Waals surface area contributed by atoms with Gasteiger partial charge in [-0.3, -0.25) is 0 Å². The Morgan fingerprint density at radius 2 is 2.00 bits per heavy atom. The van der Waals surface area contributed by atoms with Crippen LogP contribution in [0.5, 0.6) is 0 Å². The maximum atomic E-state index is 12.1. The summed E-state index contributed by atoms with van der Waals surface area (Å²) in [6, 6.07) is 0.925. The Kier molecular flexibility index (Phi) is 2.75. The number of hydrogen-bond donors (Lipinski definition) is 1. The van der Waals surface area contributed by atoms with Crippen molar-refractivity contribution in [3.05, 3.63) is 0 Å². The smallest absolute Gasteiger partial charge is 0.318 e. The molecule has 0 aromatic heterocycles. The Bertz CT molecular complexity index is 278. The standard InChI is InChI=1S/C12H20N2O2/c15-12(13-9-3-1-4-9)14-7-8-16-11-6-2-5-10(11)14/h9-11H,1-8H2,(H,13,15). The van der Waals surface area contributed by atoms with E-state index < -0.39 is 0 Å². The van der Waals surface area contributed by atoms with Gasteiger partial charge in [0.15, 0.2) is 0 Å². The summed E-state index contributed by atoms with van der Waals surface area (Å²) >= 11 is 0. The molecule has 2 aliphatic carbocycles. The minimum atomic E-state index is 0.143. The molecule has 2 unspecified atom stereocenters. The van der Waals surface area contributed by atoms with E-state index in [0.717, 1.165) is 32.2 Å². The molecule has 90 valence electrons. The highest BCUT2D eigenvalue weighted by molar-refractivity contribution is 5.75. The van der Waals surface area contributed by atoms with E-state index in [1.807, 2.05) is 4.90 Å². The molecule has 2 atom stereocenters. The summed E-state index contributed by atoms with van der Waals surface area (Å²) in [6.07, 6.45) is 7.32. The summed E-state index contributed by atoms with van der Waals surface area (Å²) in [5, 5.41) is 3.13. The number of carbonyl (C=O) groups excluding carboxylic acids is 1. The highest BCUT2D eigenvalue weighted by Crippen LogP contribution is 2.30. The van der Waals surface area contributed by atoms with Gasteiger partial charge in [0.05, 0.1) is 18.8 Å². The fraction of sp³-hybridized carbons (Fsp3) is 0.917. The summed E-state index contributed by atoms with van der Waals surface area (Å²) < 4.78 is 5.71. The van der Waals surface area contributed by atoms with Crippen molar-refractivity contribution < 1.29 is 9.53 Å². The van der Waals surface area contributed by atoms with Gasteiger partial charge in [-0.15, -0.1) is 0 Å². The first-order valence-electron chi connectivity index (χ1n) is 6.53. The Balaban J connectivity index is 1.61. The minimum Gasteiger partial charge on any atom is -0.374 e. The van der Waals surface area contributed by atoms with Crippen molar-refractivity contribution in [3.8, 4) is 0 Å². The van der Waals surface area contributed by atoms with E-state index in [2.05, 4.69) is 5.32 Å². The second-order valence-corrected chi connectivity index (χ2v) is 5.18. The number of fused-ring (bicyclic) bond motifs is 1. The Morgan fingerprint density at radius 1 is 1.19 bits per heavy atom. The molecular weight excluding hydrogens is 204 g/mol. The third-order valence-corrected chi connectivity index (χ3v) is 4.18. The molecular formula is C12H20N2O2. The van der Waals surface area contributed by atoms with E-state index in [4.69, 9.17) is 4.74 Å². The van der Waals surface area contributed by atoms with Crippen LogP contribution in [0, 0.1) is 0 Å². The molecule has 3 aliphatic rings. The van der Waals surface area contributed by atoms with E-state index in [-0.39, 0.29) is 6.03 Å². The first-order chi connectivity index (χ1) is 7.84. The van der Waals surface area contributed by atoms with E-state index in [1.54, 1.807) is 0 Å². The molecule has 0 radical (unpaired) electrons. The summed E-state index contributed by atoms with van der Waals surface area (Å²) in [5.41, 5.74) is 0. The van der Waals surface area contributed by atoms with Crippen molar-refractivity contribution in [2.24, 2.45) is 0 Å². The number of nitrogens with one attached hydrogen (secondary N) is 1. The Labute approximate surface area is 96.3 Å². The van der Waals surface area contributed by atoms with Gasteiger partial charge in [0, 0.05) is 12.6 Å². The van der Waals surface area contributed by atoms with Crippen LogP contribution in [0.2, 0.25) is 0 Å². The van der Waals surface area contributed by atoms with Crippen molar-refractivity contribution in [1.82, 2.24) is 10.2 Å². The van der Waals surface area contributed by atoms with Crippen LogP contribution >= 0.6 is 0 Å². The normalized spacial score (nSPS) is 34.4. The van der Waals surface area contributed by atoms with Crippen molar-refractivity contribution in [2.75, 3.05) is 13.2 Å². The Morgan fingerprint density at radius 3 is 2.75 bits per heavy atom. The lowest BCUT2D eigenvalue weighted by molar-refractivity contribution is -0.0389. The summed E-state index contributed by atoms with van der Waals surface area (Å²) in [6.45, 7) is 1.47. The maximum absolute atomic E-state index is 12.1. The molecule has 4 nitrogen and oxygen atoms in total. The number of ether oxygens (including phenoxy) is 1. The molecule has 2 saturated carbocycles. The first kappa shape index (κ1) is 10.4. The number of amides is 2. The molecule has 0 aromatic rings. The number of rotatable bonds is 1. The van der Waals surface area contributed by atoms with E-state index in [0.29, 0.717) is 24.8 Å². The topological polar surface area (TPSA) is 41.6 Å². The lowest BCUT2D eigenvalue weighted by Crippen LogP contribution is -2.56. The van der Waals surface area contributed by atoms with Gasteiger partial charge in [-0.2, -0.15) is 0 Å². The zero-order valence-corrected chi connectivity index (χ0v) is 9.65. The van der Waals surface area contributed by atoms with Gasteiger partial charge in [0.25, 0.3) is 0 Å². The van der Waals surface area contributed by atoms with Crippen molar-refractivity contribution in [3.63, 3.8) is 0 Å². The third kappa shape index (κ3) is 1.79. The molecule has 1 heterocycles. The number of morpholine rings is 1. The fourth-order valence-electron chi connectivity index (χ4n) is 2.99. The fourth-order valence-corrected chi connectivity index (χ4v) is 2.99. The number of nitrogens with zero attached hydrogens (tertiary/aromatic N) is 1. The first-order valence-corrected chi connectivity index (χ1v) is 6.53. The van der Waals surface area contributed by atoms with E-state index in [1.165, 1.54) is 12.8 Å². The number of hydrogen-bond acceptors (Lipinski definition) is 2. The van der Waals surface area contributed by atoms with Gasteiger partial charge in [-0.05, 0) is 38.5 Å². The van der Waals surface area contributed by atoms with Crippen LogP contribution in [0.1, 0.15) is 38.5 Å². The lowest BCUT2D eigenvalue weighted by atomic mass is 9.93. The summed E-state index contributed by atoms with van der Waals surface area (Å²) in [7, 11) is 0. The van der Waals surface area contributed by atoms with Crippen LogP contribution in [0.4, 0.5) is 4.79 Å². The van der Waals surface area contributed by atoms with Gasteiger partial charge in [-0.1, -0.05) is 0 Å². The van der Waals surface area contributed by atoms with Gasteiger partial charge in [0.2, 0.25) is 0 Å². The minimum absolute atomic E-state index is 0.143. The monoisotopic (exact) mass is 224 g/mol. The second-order valence-electron chi connectivity index (χ2n) is 5.18. The largest absolute Gasteiger partial charge is 0.374 e. The van der Waals surface area contributed by atoms with E-state index >= 15 is 0 Å². The van der Waals surface area contributed by atoms with Crippen LogP contribution in [-0.4, -0.2) is 42.3 Å². The molecule has 1 saturated heterocycles. The van der Waals surface area contributed by atoms with Gasteiger partial charge >= 0.3 is 6.03 Å². The zero-order valence-electron chi connectivity index (χ0n) is 9.65. The highest BCUT2D eigenvalue weighted by atomic mass is 16.5. The van der Waals surface area contributed by atoms with Crippen molar-refractivity contribution in [1.29, 1.82) is 0 Å². The average Bonchev–Trinajstić information content (AvgIpc) is 2.70. The van der Waals surface area contributed by atoms with Crippen molar-refractivity contribution >= 4 is 6.03 Å². The lowest BCUT2D eigenvalue weighted by Gasteiger charge is -2.39. The molecule has 3 rings (SSSR count). The molecule has 1 N–H and O–H groups in total. The maximum Gasteiger partial charge on any atom is 0.318 e. The predicted molar refractivity (Wildman–Crippen MR) is 60.3 cm³/mol. The molecule has 0 aromatic carbocycles. The van der Waals surface area contributed by atoms with Gasteiger partial charge in [-0.25, -0.2) is 4.79 Å². The zero-order chi connectivity index (χ0) is 11.0. The molecule has 0 bridgehead atoms. The highest BCUT2D eigenvalue weighted by Gasteiger charge is 2.39. The SMILES string of the molecule is O=C(NC1CCC1)N1CCOC2CCCC21. The molecule has 2 amide bonds. The quantitative estimate of drug-likeness (QED) is 0.733. The van der Waals surface area contributed by atoms with Gasteiger partial charge in [0.1, 0.15) is 0 Å². The Hall–Kier alpha value is -0.770. The number of carbonyl (C=O) groups is 1. The molecule has 3 fully saturated rings. The van der Waals surface area contributed by atoms with Crippen LogP contribution in [0.15, 0.2) is 0 Å².